The molecule has 6 nitrogen and oxygen atoms in total. The highest BCUT2D eigenvalue weighted by Gasteiger charge is 2.55. The smallest absolute Gasteiger partial charge is 0.305 e. The molecule has 2 aliphatic carbocycles. The summed E-state index contributed by atoms with van der Waals surface area (Å²) >= 11 is 6.79. The first-order chi connectivity index (χ1) is 16.5. The molecule has 0 saturated heterocycles. The number of benzene rings is 2. The maximum absolute atomic E-state index is 12.6. The minimum absolute atomic E-state index is 0.0134. The molecule has 1 aromatic heterocycles. The minimum atomic E-state index is -0.274. The molecule has 5 atom stereocenters. The van der Waals surface area contributed by atoms with Crippen molar-refractivity contribution in [2.45, 2.75) is 35.5 Å². The van der Waals surface area contributed by atoms with Crippen LogP contribution in [0, 0.1) is 17.8 Å². The lowest BCUT2D eigenvalue weighted by atomic mass is 9.74. The van der Waals surface area contributed by atoms with Crippen LogP contribution in [-0.2, 0) is 4.79 Å². The summed E-state index contributed by atoms with van der Waals surface area (Å²) in [4.78, 5) is 29.1. The molecule has 2 fully saturated rings. The van der Waals surface area contributed by atoms with E-state index in [9.17, 15) is 14.7 Å². The molecule has 0 spiro atoms. The van der Waals surface area contributed by atoms with Crippen LogP contribution < -0.4 is 14.9 Å². The number of hydrogen-bond donors (Lipinski definition) is 3. The predicted molar refractivity (Wildman–Crippen MR) is 137 cm³/mol. The van der Waals surface area contributed by atoms with Gasteiger partial charge in [0.1, 0.15) is 11.5 Å². The number of aromatic hydroxyl groups is 1. The molecule has 2 heterocycles. The van der Waals surface area contributed by atoms with Crippen LogP contribution in [-0.4, -0.2) is 27.9 Å². The first-order valence-corrected chi connectivity index (χ1v) is 13.9. The molecule has 6 rings (SSSR count). The molecule has 4 unspecified atom stereocenters. The van der Waals surface area contributed by atoms with E-state index in [1.165, 1.54) is 42.7 Å². The zero-order valence-corrected chi connectivity index (χ0v) is 21.3. The summed E-state index contributed by atoms with van der Waals surface area (Å²) < 4.78 is 7.03. The normalized spacial score (nSPS) is 26.7. The van der Waals surface area contributed by atoms with E-state index in [2.05, 4.69) is 32.3 Å². The van der Waals surface area contributed by atoms with Gasteiger partial charge in [0.2, 0.25) is 0 Å². The van der Waals surface area contributed by atoms with E-state index >= 15 is 0 Å². The highest BCUT2D eigenvalue weighted by Crippen LogP contribution is 2.64. The quantitative estimate of drug-likeness (QED) is 0.356. The minimum Gasteiger partial charge on any atom is -0.508 e. The van der Waals surface area contributed by atoms with Gasteiger partial charge in [-0.2, -0.15) is 0 Å². The Hall–Kier alpha value is -2.23. The van der Waals surface area contributed by atoms with E-state index in [4.69, 9.17) is 4.74 Å². The zero-order valence-electron chi connectivity index (χ0n) is 18.1. The number of thiazole rings is 1. The van der Waals surface area contributed by atoms with Crippen molar-refractivity contribution >= 4 is 50.6 Å². The van der Waals surface area contributed by atoms with E-state index in [0.717, 1.165) is 19.9 Å². The van der Waals surface area contributed by atoms with E-state index in [0.29, 0.717) is 34.4 Å². The number of ether oxygens (including phenoxy) is 1. The number of amides is 1. The monoisotopic (exact) mass is 558 g/mol. The van der Waals surface area contributed by atoms with E-state index in [-0.39, 0.29) is 29.1 Å². The Labute approximate surface area is 213 Å². The van der Waals surface area contributed by atoms with Crippen molar-refractivity contribution in [3.63, 3.8) is 0 Å². The molecule has 0 radical (unpaired) electrons. The van der Waals surface area contributed by atoms with E-state index in [1.54, 1.807) is 12.1 Å². The van der Waals surface area contributed by atoms with Gasteiger partial charge in [0.25, 0.3) is 5.91 Å². The Kier molecular flexibility index (Phi) is 5.74. The molecule has 2 saturated carbocycles. The van der Waals surface area contributed by atoms with Crippen molar-refractivity contribution in [1.29, 1.82) is 0 Å². The van der Waals surface area contributed by atoms with Gasteiger partial charge in [-0.3, -0.25) is 9.59 Å². The van der Waals surface area contributed by atoms with Gasteiger partial charge in [0, 0.05) is 31.8 Å². The summed E-state index contributed by atoms with van der Waals surface area (Å²) in [6, 6.07) is 12.3. The Bertz CT molecular complexity index is 1300. The summed E-state index contributed by atoms with van der Waals surface area (Å²) in [5, 5.41) is 13.7. The van der Waals surface area contributed by atoms with Crippen LogP contribution in [0.25, 0.3) is 0 Å². The van der Waals surface area contributed by atoms with Crippen LogP contribution >= 0.6 is 39.0 Å². The second-order valence-electron chi connectivity index (χ2n) is 9.24. The number of phenols is 1. The van der Waals surface area contributed by atoms with Crippen LogP contribution in [0.3, 0.4) is 0 Å². The Morgan fingerprint density at radius 2 is 1.97 bits per heavy atom. The fraction of sp³-hybridized carbons (Fsp3) is 0.360. The number of phenolic OH excluding ortho intramolecular Hbond substituents is 1. The second kappa shape index (κ2) is 8.77. The third-order valence-electron chi connectivity index (χ3n) is 7.28. The third kappa shape index (κ3) is 3.97. The Balaban J connectivity index is 1.30. The molecule has 3 aromatic rings. The van der Waals surface area contributed by atoms with Crippen molar-refractivity contribution in [1.82, 2.24) is 4.98 Å². The summed E-state index contributed by atoms with van der Waals surface area (Å²) in [5.41, 5.74) is 1.63. The van der Waals surface area contributed by atoms with Gasteiger partial charge >= 0.3 is 4.87 Å². The summed E-state index contributed by atoms with van der Waals surface area (Å²) in [5.74, 6) is 2.44. The van der Waals surface area contributed by atoms with Crippen LogP contribution in [0.5, 0.6) is 11.5 Å². The lowest BCUT2D eigenvalue weighted by molar-refractivity contribution is -0.118. The highest BCUT2D eigenvalue weighted by molar-refractivity contribution is 9.10. The van der Waals surface area contributed by atoms with Gasteiger partial charge in [-0.15, -0.1) is 11.8 Å². The molecular weight excluding hydrogens is 536 g/mol. The summed E-state index contributed by atoms with van der Waals surface area (Å²) in [6.45, 7) is -0.132. The topological polar surface area (TPSA) is 91.4 Å². The number of carbonyl (C=O) groups excluding carboxylic acids is 1. The lowest BCUT2D eigenvalue weighted by Crippen LogP contribution is -2.34. The number of fused-ring (bicyclic) bond motifs is 6. The van der Waals surface area contributed by atoms with Crippen molar-refractivity contribution in [3.8, 4) is 11.5 Å². The summed E-state index contributed by atoms with van der Waals surface area (Å²) in [7, 11) is 0. The van der Waals surface area contributed by atoms with Crippen LogP contribution in [0.15, 0.2) is 56.8 Å². The first-order valence-electron chi connectivity index (χ1n) is 11.4. The average Bonchev–Trinajstić information content (AvgIpc) is 3.52. The molecule has 9 heteroatoms. The van der Waals surface area contributed by atoms with Crippen LogP contribution in [0.2, 0.25) is 0 Å². The molecule has 1 aliphatic heterocycles. The van der Waals surface area contributed by atoms with E-state index < -0.39 is 0 Å². The number of carbonyl (C=O) groups is 1. The SMILES string of the molecule is O=C(COc1ccc(Br)cc1[C@H]1c2sc(=O)[nH]c2SC2C3CCC(C3)C21)Nc1ccc(O)cc1. The molecule has 2 bridgehead atoms. The van der Waals surface area contributed by atoms with Gasteiger partial charge in [-0.25, -0.2) is 0 Å². The average molecular weight is 560 g/mol. The number of hydrogen-bond acceptors (Lipinski definition) is 6. The molecular formula is C25H23BrN2O4S2. The van der Waals surface area contributed by atoms with Gasteiger partial charge in [-0.05, 0) is 79.5 Å². The maximum Gasteiger partial charge on any atom is 0.305 e. The van der Waals surface area contributed by atoms with Gasteiger partial charge < -0.3 is 20.1 Å². The number of nitrogens with one attached hydrogen (secondary N) is 2. The van der Waals surface area contributed by atoms with Crippen molar-refractivity contribution < 1.29 is 14.6 Å². The molecule has 1 amide bonds. The van der Waals surface area contributed by atoms with Gasteiger partial charge in [-0.1, -0.05) is 27.3 Å². The Morgan fingerprint density at radius 3 is 2.79 bits per heavy atom. The molecule has 3 N–H and O–H groups in total. The largest absolute Gasteiger partial charge is 0.508 e. The number of thioether (sulfide) groups is 1. The van der Waals surface area contributed by atoms with Gasteiger partial charge in [0.05, 0.1) is 5.03 Å². The van der Waals surface area contributed by atoms with Crippen LogP contribution in [0.4, 0.5) is 5.69 Å². The fourth-order valence-corrected chi connectivity index (χ4v) is 9.24. The lowest BCUT2D eigenvalue weighted by Gasteiger charge is -2.40. The Morgan fingerprint density at radius 1 is 1.18 bits per heavy atom. The van der Waals surface area contributed by atoms with Crippen molar-refractivity contribution in [3.05, 3.63) is 67.0 Å². The molecule has 34 heavy (non-hydrogen) atoms. The zero-order chi connectivity index (χ0) is 23.4. The van der Waals surface area contributed by atoms with Crippen molar-refractivity contribution in [2.75, 3.05) is 11.9 Å². The van der Waals surface area contributed by atoms with Crippen LogP contribution in [0.1, 0.15) is 35.6 Å². The second-order valence-corrected chi connectivity index (χ2v) is 12.4. The number of anilines is 1. The third-order valence-corrected chi connectivity index (χ3v) is 10.4. The van der Waals surface area contributed by atoms with E-state index in [1.807, 2.05) is 23.9 Å². The summed E-state index contributed by atoms with van der Waals surface area (Å²) in [6.07, 6.45) is 3.78. The highest BCUT2D eigenvalue weighted by atomic mass is 79.9. The number of aromatic nitrogens is 1. The number of aromatic amines is 1. The molecule has 3 aliphatic rings. The standard InChI is InChI=1S/C25H23BrN2O4S2/c26-14-3-8-18(32-11-19(30)27-15-4-6-16(29)7-5-15)17(10-14)21-20-12-1-2-13(9-12)22(20)33-24-23(21)34-25(31)28-24/h3-8,10,12-13,20-22,29H,1-2,9,11H2,(H,27,30)(H,28,31)/t12?,13?,20?,21-,22?/m1/s1. The molecule has 176 valence electrons. The van der Waals surface area contributed by atoms with Gasteiger partial charge in [0.15, 0.2) is 6.61 Å². The molecule has 2 aromatic carbocycles. The maximum atomic E-state index is 12.6. The number of H-pyrrole nitrogens is 1. The number of rotatable bonds is 5. The fourth-order valence-electron chi connectivity index (χ4n) is 5.98. The number of halogens is 1. The van der Waals surface area contributed by atoms with Crippen molar-refractivity contribution in [2.24, 2.45) is 17.8 Å². The first kappa shape index (κ1) is 22.2. The predicted octanol–water partition coefficient (Wildman–Crippen LogP) is 5.57.